The maximum Gasteiger partial charge on any atom is 0.490 e. The summed E-state index contributed by atoms with van der Waals surface area (Å²) in [5.74, 6) is -2.57. The normalized spacial score (nSPS) is 19.0. The van der Waals surface area contributed by atoms with E-state index >= 15 is 0 Å². The minimum atomic E-state index is -5.08. The number of carboxylic acid groups (broad SMARTS) is 1. The second-order valence-electron chi connectivity index (χ2n) is 5.13. The molecule has 0 aromatic heterocycles. The van der Waals surface area contributed by atoms with Gasteiger partial charge in [0.15, 0.2) is 0 Å². The van der Waals surface area contributed by atoms with E-state index in [1.807, 2.05) is 18.2 Å². The van der Waals surface area contributed by atoms with Crippen LogP contribution in [0.5, 0.6) is 0 Å². The number of amides is 1. The lowest BCUT2D eigenvalue weighted by Crippen LogP contribution is -2.44. The van der Waals surface area contributed by atoms with Crippen molar-refractivity contribution in [2.45, 2.75) is 24.4 Å². The number of hydrogen-bond acceptors (Lipinski definition) is 3. The topological polar surface area (TPSA) is 78.4 Å². The molecule has 0 bridgehead atoms. The number of carbonyl (C=O) groups excluding carboxylic acids is 1. The minimum Gasteiger partial charge on any atom is -0.475 e. The third-order valence-electron chi connectivity index (χ3n) is 3.83. The number of para-hydroxylation sites is 1. The number of fused-ring (bicyclic) bond motifs is 2. The van der Waals surface area contributed by atoms with Crippen molar-refractivity contribution in [3.05, 3.63) is 29.8 Å². The van der Waals surface area contributed by atoms with Crippen molar-refractivity contribution < 1.29 is 27.9 Å². The zero-order chi connectivity index (χ0) is 16.4. The van der Waals surface area contributed by atoms with Gasteiger partial charge in [-0.05, 0) is 37.6 Å². The Morgan fingerprint density at radius 3 is 2.27 bits per heavy atom. The number of hydrogen-bond donors (Lipinski definition) is 3. The van der Waals surface area contributed by atoms with Gasteiger partial charge in [0, 0.05) is 5.69 Å². The zero-order valence-electron chi connectivity index (χ0n) is 11.5. The van der Waals surface area contributed by atoms with Crippen molar-refractivity contribution in [1.29, 1.82) is 0 Å². The quantitative estimate of drug-likeness (QED) is 0.683. The van der Waals surface area contributed by atoms with E-state index in [2.05, 4.69) is 16.7 Å². The van der Waals surface area contributed by atoms with Crippen molar-refractivity contribution in [2.75, 3.05) is 18.4 Å². The van der Waals surface area contributed by atoms with E-state index in [-0.39, 0.29) is 11.3 Å². The first-order chi connectivity index (χ1) is 10.3. The van der Waals surface area contributed by atoms with Gasteiger partial charge in [-0.25, -0.2) is 4.79 Å². The fourth-order valence-electron chi connectivity index (χ4n) is 2.72. The highest BCUT2D eigenvalue weighted by Gasteiger charge is 2.46. The summed E-state index contributed by atoms with van der Waals surface area (Å²) >= 11 is 0. The van der Waals surface area contributed by atoms with Crippen LogP contribution >= 0.6 is 0 Å². The van der Waals surface area contributed by atoms with Crippen molar-refractivity contribution in [2.24, 2.45) is 0 Å². The molecule has 0 aliphatic carbocycles. The van der Waals surface area contributed by atoms with Crippen LogP contribution in [0.4, 0.5) is 18.9 Å². The van der Waals surface area contributed by atoms with Gasteiger partial charge in [-0.3, -0.25) is 4.79 Å². The van der Waals surface area contributed by atoms with Crippen LogP contribution in [0.3, 0.4) is 0 Å². The third kappa shape index (κ3) is 3.06. The predicted molar refractivity (Wildman–Crippen MR) is 72.5 cm³/mol. The predicted octanol–water partition coefficient (Wildman–Crippen LogP) is 1.89. The molecule has 120 valence electrons. The Balaban J connectivity index is 0.000000217. The van der Waals surface area contributed by atoms with Crippen LogP contribution in [-0.2, 0) is 15.0 Å². The summed E-state index contributed by atoms with van der Waals surface area (Å²) in [7, 11) is 0. The summed E-state index contributed by atoms with van der Waals surface area (Å²) in [4.78, 5) is 21.0. The Morgan fingerprint density at radius 2 is 1.73 bits per heavy atom. The summed E-state index contributed by atoms with van der Waals surface area (Å²) < 4.78 is 31.7. The van der Waals surface area contributed by atoms with Gasteiger partial charge in [0.25, 0.3) is 0 Å². The van der Waals surface area contributed by atoms with E-state index < -0.39 is 12.1 Å². The number of aliphatic carboxylic acids is 1. The Hall–Kier alpha value is -2.09. The van der Waals surface area contributed by atoms with E-state index in [4.69, 9.17) is 9.90 Å². The number of piperidine rings is 1. The molecule has 0 atom stereocenters. The van der Waals surface area contributed by atoms with Gasteiger partial charge < -0.3 is 15.7 Å². The first kappa shape index (κ1) is 16.3. The smallest absolute Gasteiger partial charge is 0.475 e. The number of rotatable bonds is 0. The summed E-state index contributed by atoms with van der Waals surface area (Å²) in [5, 5.41) is 13.4. The van der Waals surface area contributed by atoms with Crippen LogP contribution in [0.2, 0.25) is 0 Å². The Kier molecular flexibility index (Phi) is 4.41. The second-order valence-corrected chi connectivity index (χ2v) is 5.13. The maximum absolute atomic E-state index is 12.1. The van der Waals surface area contributed by atoms with Gasteiger partial charge in [0.2, 0.25) is 5.91 Å². The monoisotopic (exact) mass is 316 g/mol. The molecule has 0 unspecified atom stereocenters. The van der Waals surface area contributed by atoms with Gasteiger partial charge in [0.05, 0.1) is 5.41 Å². The molecule has 22 heavy (non-hydrogen) atoms. The molecular weight excluding hydrogens is 301 g/mol. The molecule has 0 saturated carbocycles. The van der Waals surface area contributed by atoms with Crippen molar-refractivity contribution >= 4 is 17.6 Å². The standard InChI is InChI=1S/C12H14N2O.C2HF3O2/c15-11-12(5-7-13-8-6-12)9-3-1-2-4-10(9)14-11;3-2(4,5)1(6)7/h1-4,13H,5-8H2,(H,14,15);(H,6,7). The maximum atomic E-state index is 12.1. The van der Waals surface area contributed by atoms with Crippen molar-refractivity contribution in [3.8, 4) is 0 Å². The molecule has 1 amide bonds. The highest BCUT2D eigenvalue weighted by molar-refractivity contribution is 6.06. The number of anilines is 1. The van der Waals surface area contributed by atoms with Crippen LogP contribution < -0.4 is 10.6 Å². The van der Waals surface area contributed by atoms with Crippen molar-refractivity contribution in [1.82, 2.24) is 5.32 Å². The highest BCUT2D eigenvalue weighted by Crippen LogP contribution is 2.43. The summed E-state index contributed by atoms with van der Waals surface area (Å²) in [6, 6.07) is 8.06. The first-order valence-corrected chi connectivity index (χ1v) is 6.69. The van der Waals surface area contributed by atoms with Crippen LogP contribution in [0.25, 0.3) is 0 Å². The third-order valence-corrected chi connectivity index (χ3v) is 3.83. The van der Waals surface area contributed by atoms with Crippen molar-refractivity contribution in [3.63, 3.8) is 0 Å². The molecule has 2 aliphatic rings. The minimum absolute atomic E-state index is 0.185. The molecule has 0 radical (unpaired) electrons. The van der Waals surface area contributed by atoms with E-state index in [0.29, 0.717) is 0 Å². The van der Waals surface area contributed by atoms with Crippen LogP contribution in [0.15, 0.2) is 24.3 Å². The van der Waals surface area contributed by atoms with Gasteiger partial charge in [0.1, 0.15) is 0 Å². The van der Waals surface area contributed by atoms with Crippen LogP contribution in [-0.4, -0.2) is 36.2 Å². The fourth-order valence-corrected chi connectivity index (χ4v) is 2.72. The molecule has 1 fully saturated rings. The molecular formula is C14H15F3N2O3. The summed E-state index contributed by atoms with van der Waals surface area (Å²) in [6.45, 7) is 1.86. The van der Waals surface area contributed by atoms with Crippen LogP contribution in [0, 0.1) is 0 Å². The zero-order valence-corrected chi connectivity index (χ0v) is 11.5. The van der Waals surface area contributed by atoms with E-state index in [0.717, 1.165) is 31.6 Å². The Labute approximate surface area is 124 Å². The number of carbonyl (C=O) groups is 2. The number of benzene rings is 1. The lowest BCUT2D eigenvalue weighted by atomic mass is 9.74. The molecule has 2 aliphatic heterocycles. The molecule has 5 nitrogen and oxygen atoms in total. The van der Waals surface area contributed by atoms with E-state index in [1.54, 1.807) is 0 Å². The van der Waals surface area contributed by atoms with Gasteiger partial charge in [-0.2, -0.15) is 13.2 Å². The van der Waals surface area contributed by atoms with Crippen LogP contribution in [0.1, 0.15) is 18.4 Å². The summed E-state index contributed by atoms with van der Waals surface area (Å²) in [5.41, 5.74) is 1.95. The molecule has 1 aromatic carbocycles. The largest absolute Gasteiger partial charge is 0.490 e. The first-order valence-electron chi connectivity index (χ1n) is 6.69. The number of alkyl halides is 3. The van der Waals surface area contributed by atoms with E-state index in [9.17, 15) is 18.0 Å². The molecule has 1 aromatic rings. The SMILES string of the molecule is O=C(O)C(F)(F)F.O=C1Nc2ccccc2C12CCNCC2. The molecule has 3 N–H and O–H groups in total. The molecule has 8 heteroatoms. The number of halogens is 3. The molecule has 2 heterocycles. The molecule has 1 saturated heterocycles. The number of nitrogens with one attached hydrogen (secondary N) is 2. The van der Waals surface area contributed by atoms with Gasteiger partial charge in [-0.15, -0.1) is 0 Å². The van der Waals surface area contributed by atoms with E-state index in [1.165, 1.54) is 5.56 Å². The Morgan fingerprint density at radius 1 is 1.18 bits per heavy atom. The average Bonchev–Trinajstić information content (AvgIpc) is 2.73. The molecule has 3 rings (SSSR count). The number of carboxylic acids is 1. The lowest BCUT2D eigenvalue weighted by Gasteiger charge is -2.31. The highest BCUT2D eigenvalue weighted by atomic mass is 19.4. The fraction of sp³-hybridized carbons (Fsp3) is 0.429. The summed E-state index contributed by atoms with van der Waals surface area (Å²) in [6.07, 6.45) is -3.26. The Bertz CT molecular complexity index is 581. The van der Waals surface area contributed by atoms with Gasteiger partial charge >= 0.3 is 12.1 Å². The molecule has 1 spiro atoms. The lowest BCUT2D eigenvalue weighted by molar-refractivity contribution is -0.192. The second kappa shape index (κ2) is 5.96. The van der Waals surface area contributed by atoms with Gasteiger partial charge in [-0.1, -0.05) is 18.2 Å². The average molecular weight is 316 g/mol.